The molecule has 7 nitrogen and oxygen atoms in total. The molecule has 0 aliphatic carbocycles. The maximum absolute atomic E-state index is 12.8. The van der Waals surface area contributed by atoms with Gasteiger partial charge in [-0.3, -0.25) is 9.59 Å². The highest BCUT2D eigenvalue weighted by Gasteiger charge is 2.29. The first kappa shape index (κ1) is 21.9. The van der Waals surface area contributed by atoms with Crippen molar-refractivity contribution < 1.29 is 19.5 Å². The highest BCUT2D eigenvalue weighted by atomic mass is 16.4. The van der Waals surface area contributed by atoms with E-state index in [4.69, 9.17) is 0 Å². The van der Waals surface area contributed by atoms with E-state index in [2.05, 4.69) is 16.0 Å². The van der Waals surface area contributed by atoms with Crippen LogP contribution >= 0.6 is 0 Å². The lowest BCUT2D eigenvalue weighted by molar-refractivity contribution is -0.142. The summed E-state index contributed by atoms with van der Waals surface area (Å²) in [6.45, 7) is 5.51. The van der Waals surface area contributed by atoms with Gasteiger partial charge in [0, 0.05) is 12.3 Å². The number of rotatable bonds is 9. The minimum Gasteiger partial charge on any atom is -0.480 e. The number of carbonyl (C=O) groups excluding carboxylic acids is 2. The second kappa shape index (κ2) is 10.8. The molecule has 0 spiro atoms. The van der Waals surface area contributed by atoms with E-state index in [9.17, 15) is 19.5 Å². The number of piperidine rings is 1. The summed E-state index contributed by atoms with van der Waals surface area (Å²) >= 11 is 0. The van der Waals surface area contributed by atoms with Crippen LogP contribution in [0.5, 0.6) is 0 Å². The van der Waals surface area contributed by atoms with Gasteiger partial charge in [0.05, 0.1) is 0 Å². The Hall–Kier alpha value is -2.41. The molecule has 0 aromatic heterocycles. The highest BCUT2D eigenvalue weighted by molar-refractivity contribution is 5.91. The Morgan fingerprint density at radius 2 is 1.71 bits per heavy atom. The molecular formula is C21H31N3O4. The van der Waals surface area contributed by atoms with Crippen molar-refractivity contribution in [3.63, 3.8) is 0 Å². The van der Waals surface area contributed by atoms with E-state index in [1.54, 1.807) is 0 Å². The zero-order valence-corrected chi connectivity index (χ0v) is 16.6. The minimum atomic E-state index is -1.09. The topological polar surface area (TPSA) is 108 Å². The standard InChI is InChI=1S/C21H31N3O4/c1-14(2)12-17(23-19(25)16-8-10-22-11-9-16)20(26)24-18(21(27)28)13-15-6-4-3-5-7-15/h3-7,14,16-18,22H,8-13H2,1-2H3,(H,23,25)(H,24,26)(H,27,28)/t17-,18-/m0/s1. The fraction of sp³-hybridized carbons (Fsp3) is 0.571. The number of hydrogen-bond acceptors (Lipinski definition) is 4. The molecule has 1 aromatic rings. The first-order valence-corrected chi connectivity index (χ1v) is 9.95. The van der Waals surface area contributed by atoms with Gasteiger partial charge in [0.25, 0.3) is 0 Å². The van der Waals surface area contributed by atoms with Gasteiger partial charge >= 0.3 is 5.97 Å². The first-order chi connectivity index (χ1) is 13.4. The predicted octanol–water partition coefficient (Wildman–Crippen LogP) is 1.33. The normalized spacial score (nSPS) is 17.0. The van der Waals surface area contributed by atoms with Crippen LogP contribution in [0.4, 0.5) is 0 Å². The third-order valence-electron chi connectivity index (χ3n) is 4.95. The van der Waals surface area contributed by atoms with Crippen LogP contribution in [0.25, 0.3) is 0 Å². The highest BCUT2D eigenvalue weighted by Crippen LogP contribution is 2.14. The van der Waals surface area contributed by atoms with E-state index >= 15 is 0 Å². The van der Waals surface area contributed by atoms with Crippen LogP contribution in [-0.2, 0) is 20.8 Å². The molecule has 1 aliphatic heterocycles. The Kier molecular flexibility index (Phi) is 8.44. The fourth-order valence-corrected chi connectivity index (χ4v) is 3.40. The van der Waals surface area contributed by atoms with E-state index in [1.807, 2.05) is 44.2 Å². The van der Waals surface area contributed by atoms with Crippen molar-refractivity contribution in [1.82, 2.24) is 16.0 Å². The average Bonchev–Trinajstić information content (AvgIpc) is 2.68. The van der Waals surface area contributed by atoms with Crippen molar-refractivity contribution in [2.45, 2.75) is 51.6 Å². The molecule has 2 rings (SSSR count). The fourth-order valence-electron chi connectivity index (χ4n) is 3.40. The maximum atomic E-state index is 12.8. The number of amides is 2. The minimum absolute atomic E-state index is 0.108. The summed E-state index contributed by atoms with van der Waals surface area (Å²) in [5, 5.41) is 18.2. The Bertz CT molecular complexity index is 657. The molecular weight excluding hydrogens is 358 g/mol. The SMILES string of the molecule is CC(C)C[C@H](NC(=O)C1CCNCC1)C(=O)N[C@@H](Cc1ccccc1)C(=O)O. The van der Waals surface area contributed by atoms with Gasteiger partial charge in [-0.1, -0.05) is 44.2 Å². The monoisotopic (exact) mass is 389 g/mol. The summed E-state index contributed by atoms with van der Waals surface area (Å²) in [5.41, 5.74) is 0.828. The molecule has 1 aromatic carbocycles. The van der Waals surface area contributed by atoms with E-state index < -0.39 is 24.0 Å². The second-order valence-electron chi connectivity index (χ2n) is 7.80. The number of aliphatic carboxylic acids is 1. The van der Waals surface area contributed by atoms with Gasteiger partial charge in [-0.15, -0.1) is 0 Å². The number of benzene rings is 1. The Morgan fingerprint density at radius 3 is 2.29 bits per heavy atom. The van der Waals surface area contributed by atoms with Gasteiger partial charge in [-0.25, -0.2) is 4.79 Å². The summed E-state index contributed by atoms with van der Waals surface area (Å²) in [6.07, 6.45) is 2.14. The summed E-state index contributed by atoms with van der Waals surface area (Å²) in [5.74, 6) is -1.59. The maximum Gasteiger partial charge on any atom is 0.326 e. The van der Waals surface area contributed by atoms with Crippen LogP contribution in [0.1, 0.15) is 38.7 Å². The second-order valence-corrected chi connectivity index (χ2v) is 7.80. The third kappa shape index (κ3) is 6.96. The Labute approximate surface area is 166 Å². The van der Waals surface area contributed by atoms with Crippen molar-refractivity contribution in [1.29, 1.82) is 0 Å². The average molecular weight is 389 g/mol. The van der Waals surface area contributed by atoms with E-state index in [1.165, 1.54) is 0 Å². The summed E-state index contributed by atoms with van der Waals surface area (Å²) in [6, 6.07) is 7.39. The lowest BCUT2D eigenvalue weighted by Crippen LogP contribution is -2.54. The van der Waals surface area contributed by atoms with Crippen LogP contribution in [-0.4, -0.2) is 48.1 Å². The van der Waals surface area contributed by atoms with Gasteiger partial charge in [-0.2, -0.15) is 0 Å². The lowest BCUT2D eigenvalue weighted by Gasteiger charge is -2.27. The number of carbonyl (C=O) groups is 3. The number of carboxylic acid groups (broad SMARTS) is 1. The van der Waals surface area contributed by atoms with E-state index in [-0.39, 0.29) is 24.2 Å². The van der Waals surface area contributed by atoms with Crippen LogP contribution in [0.3, 0.4) is 0 Å². The smallest absolute Gasteiger partial charge is 0.326 e. The molecule has 154 valence electrons. The van der Waals surface area contributed by atoms with Gasteiger partial charge in [0.1, 0.15) is 12.1 Å². The summed E-state index contributed by atoms with van der Waals surface area (Å²) in [7, 11) is 0. The molecule has 1 heterocycles. The molecule has 7 heteroatoms. The number of hydrogen-bond donors (Lipinski definition) is 4. The van der Waals surface area contributed by atoms with Gasteiger partial charge in [0.2, 0.25) is 11.8 Å². The van der Waals surface area contributed by atoms with Gasteiger partial charge in [0.15, 0.2) is 0 Å². The zero-order chi connectivity index (χ0) is 20.5. The third-order valence-corrected chi connectivity index (χ3v) is 4.95. The zero-order valence-electron chi connectivity index (χ0n) is 16.6. The van der Waals surface area contributed by atoms with Gasteiger partial charge < -0.3 is 21.1 Å². The van der Waals surface area contributed by atoms with Gasteiger partial charge in [-0.05, 0) is 43.8 Å². The van der Waals surface area contributed by atoms with E-state index in [0.29, 0.717) is 6.42 Å². The molecule has 0 saturated carbocycles. The predicted molar refractivity (Wildman–Crippen MR) is 107 cm³/mol. The van der Waals surface area contributed by atoms with Crippen LogP contribution in [0.2, 0.25) is 0 Å². The molecule has 0 unspecified atom stereocenters. The molecule has 1 fully saturated rings. The molecule has 28 heavy (non-hydrogen) atoms. The van der Waals surface area contributed by atoms with Crippen LogP contribution < -0.4 is 16.0 Å². The van der Waals surface area contributed by atoms with Crippen molar-refractivity contribution in [3.05, 3.63) is 35.9 Å². The molecule has 2 amide bonds. The van der Waals surface area contributed by atoms with Crippen molar-refractivity contribution >= 4 is 17.8 Å². The molecule has 4 N–H and O–H groups in total. The molecule has 2 atom stereocenters. The Balaban J connectivity index is 2.02. The summed E-state index contributed by atoms with van der Waals surface area (Å²) < 4.78 is 0. The number of nitrogens with one attached hydrogen (secondary N) is 3. The first-order valence-electron chi connectivity index (χ1n) is 9.95. The molecule has 0 radical (unpaired) electrons. The molecule has 0 bridgehead atoms. The molecule has 1 saturated heterocycles. The Morgan fingerprint density at radius 1 is 1.07 bits per heavy atom. The quantitative estimate of drug-likeness (QED) is 0.510. The van der Waals surface area contributed by atoms with Crippen molar-refractivity contribution in [3.8, 4) is 0 Å². The van der Waals surface area contributed by atoms with E-state index in [0.717, 1.165) is 31.5 Å². The van der Waals surface area contributed by atoms with Crippen LogP contribution in [0, 0.1) is 11.8 Å². The number of carboxylic acids is 1. The summed E-state index contributed by atoms with van der Waals surface area (Å²) in [4.78, 5) is 37.0. The van der Waals surface area contributed by atoms with Crippen LogP contribution in [0.15, 0.2) is 30.3 Å². The lowest BCUT2D eigenvalue weighted by atomic mass is 9.95. The largest absolute Gasteiger partial charge is 0.480 e. The van der Waals surface area contributed by atoms with Crippen molar-refractivity contribution in [2.24, 2.45) is 11.8 Å². The molecule has 1 aliphatic rings. The van der Waals surface area contributed by atoms with Crippen molar-refractivity contribution in [2.75, 3.05) is 13.1 Å².